The molecule has 0 atom stereocenters. The highest BCUT2D eigenvalue weighted by atomic mass is 32.2. The van der Waals surface area contributed by atoms with Crippen LogP contribution in [0.4, 0.5) is 5.69 Å². The summed E-state index contributed by atoms with van der Waals surface area (Å²) in [5.41, 5.74) is 8.78. The summed E-state index contributed by atoms with van der Waals surface area (Å²) in [6, 6.07) is 11.8. The lowest BCUT2D eigenvalue weighted by Crippen LogP contribution is -1.93. The maximum Gasteiger partial charge on any atom is 0.200 e. The van der Waals surface area contributed by atoms with Crippen molar-refractivity contribution in [2.24, 2.45) is 0 Å². The van der Waals surface area contributed by atoms with Gasteiger partial charge < -0.3 is 5.73 Å². The van der Waals surface area contributed by atoms with E-state index in [2.05, 4.69) is 10.2 Å². The van der Waals surface area contributed by atoms with Crippen LogP contribution in [0.2, 0.25) is 0 Å². The van der Waals surface area contributed by atoms with Crippen LogP contribution in [-0.2, 0) is 0 Å². The van der Waals surface area contributed by atoms with Gasteiger partial charge in [0, 0.05) is 16.8 Å². The highest BCUT2D eigenvalue weighted by Gasteiger charge is 2.09. The van der Waals surface area contributed by atoms with E-state index in [1.54, 1.807) is 0 Å². The zero-order chi connectivity index (χ0) is 12.5. The Morgan fingerprint density at radius 1 is 1.11 bits per heavy atom. The molecule has 0 spiro atoms. The van der Waals surface area contributed by atoms with Crippen LogP contribution in [-0.4, -0.2) is 14.6 Å². The molecule has 18 heavy (non-hydrogen) atoms. The smallest absolute Gasteiger partial charge is 0.200 e. The van der Waals surface area contributed by atoms with E-state index in [0.717, 1.165) is 26.9 Å². The third-order valence-corrected chi connectivity index (χ3v) is 3.80. The molecule has 2 N–H and O–H groups in total. The Morgan fingerprint density at radius 2 is 2.00 bits per heavy atom. The molecular weight excluding hydrogens is 244 g/mol. The first kappa shape index (κ1) is 11.1. The summed E-state index contributed by atoms with van der Waals surface area (Å²) >= 11 is 1.53. The Labute approximate surface area is 109 Å². The normalized spacial score (nSPS) is 10.9. The minimum atomic E-state index is 0.801. The third kappa shape index (κ3) is 1.82. The number of benzene rings is 1. The molecule has 0 radical (unpaired) electrons. The number of pyridine rings is 1. The van der Waals surface area contributed by atoms with E-state index in [9.17, 15) is 0 Å². The molecule has 2 aromatic heterocycles. The van der Waals surface area contributed by atoms with Gasteiger partial charge in [-0.3, -0.25) is 4.40 Å². The molecule has 90 valence electrons. The van der Waals surface area contributed by atoms with Gasteiger partial charge in [0.25, 0.3) is 0 Å². The van der Waals surface area contributed by atoms with Crippen molar-refractivity contribution in [1.82, 2.24) is 14.6 Å². The van der Waals surface area contributed by atoms with Crippen LogP contribution in [0.5, 0.6) is 0 Å². The predicted octanol–water partition coefficient (Wildman–Crippen LogP) is 2.77. The topological polar surface area (TPSA) is 56.2 Å². The SMILES string of the molecule is Cc1cccc(Sc2nnc3ccccn23)c1N. The summed E-state index contributed by atoms with van der Waals surface area (Å²) in [5.74, 6) is 0. The Kier molecular flexibility index (Phi) is 2.68. The fourth-order valence-corrected chi connectivity index (χ4v) is 2.68. The molecule has 3 aromatic rings. The van der Waals surface area contributed by atoms with E-state index >= 15 is 0 Å². The molecule has 0 fully saturated rings. The van der Waals surface area contributed by atoms with Gasteiger partial charge in [0.1, 0.15) is 0 Å². The van der Waals surface area contributed by atoms with Crippen molar-refractivity contribution in [3.63, 3.8) is 0 Å². The van der Waals surface area contributed by atoms with Gasteiger partial charge in [-0.05, 0) is 42.4 Å². The summed E-state index contributed by atoms with van der Waals surface area (Å²) in [6.45, 7) is 2.00. The molecule has 0 aliphatic carbocycles. The van der Waals surface area contributed by atoms with Crippen molar-refractivity contribution in [3.8, 4) is 0 Å². The summed E-state index contributed by atoms with van der Waals surface area (Å²) in [7, 11) is 0. The first-order valence-corrected chi connectivity index (χ1v) is 6.40. The van der Waals surface area contributed by atoms with Crippen molar-refractivity contribution in [1.29, 1.82) is 0 Å². The number of aromatic nitrogens is 3. The number of hydrogen-bond donors (Lipinski definition) is 1. The molecule has 2 heterocycles. The van der Waals surface area contributed by atoms with Crippen LogP contribution >= 0.6 is 11.8 Å². The number of anilines is 1. The monoisotopic (exact) mass is 256 g/mol. The van der Waals surface area contributed by atoms with Crippen molar-refractivity contribution >= 4 is 23.1 Å². The number of rotatable bonds is 2. The molecular formula is C13H12N4S. The van der Waals surface area contributed by atoms with Gasteiger partial charge in [-0.1, -0.05) is 18.2 Å². The number of nitrogens with zero attached hydrogens (tertiary/aromatic N) is 3. The van der Waals surface area contributed by atoms with Gasteiger partial charge in [-0.15, -0.1) is 10.2 Å². The largest absolute Gasteiger partial charge is 0.398 e. The van der Waals surface area contributed by atoms with E-state index in [4.69, 9.17) is 5.73 Å². The minimum Gasteiger partial charge on any atom is -0.398 e. The molecule has 4 nitrogen and oxygen atoms in total. The van der Waals surface area contributed by atoms with Crippen LogP contribution in [0, 0.1) is 6.92 Å². The number of fused-ring (bicyclic) bond motifs is 1. The fraction of sp³-hybridized carbons (Fsp3) is 0.0769. The van der Waals surface area contributed by atoms with E-state index in [1.165, 1.54) is 11.8 Å². The molecule has 0 saturated heterocycles. The Bertz CT molecular complexity index is 705. The number of aryl methyl sites for hydroxylation is 1. The van der Waals surface area contributed by atoms with Crippen molar-refractivity contribution in [2.45, 2.75) is 17.0 Å². The maximum atomic E-state index is 6.06. The van der Waals surface area contributed by atoms with E-state index < -0.39 is 0 Å². The first-order chi connectivity index (χ1) is 8.75. The molecule has 0 aliphatic heterocycles. The van der Waals surface area contributed by atoms with Gasteiger partial charge >= 0.3 is 0 Å². The van der Waals surface area contributed by atoms with Gasteiger partial charge in [0.15, 0.2) is 10.8 Å². The van der Waals surface area contributed by atoms with E-state index in [1.807, 2.05) is 53.9 Å². The van der Waals surface area contributed by atoms with E-state index in [0.29, 0.717) is 0 Å². The highest BCUT2D eigenvalue weighted by Crippen LogP contribution is 2.32. The van der Waals surface area contributed by atoms with Crippen LogP contribution in [0.25, 0.3) is 5.65 Å². The lowest BCUT2D eigenvalue weighted by molar-refractivity contribution is 0.921. The molecule has 0 aliphatic rings. The third-order valence-electron chi connectivity index (χ3n) is 2.77. The van der Waals surface area contributed by atoms with Gasteiger partial charge in [0.2, 0.25) is 0 Å². The summed E-state index contributed by atoms with van der Waals surface area (Å²) < 4.78 is 1.95. The molecule has 0 amide bonds. The van der Waals surface area contributed by atoms with E-state index in [-0.39, 0.29) is 0 Å². The van der Waals surface area contributed by atoms with Crippen molar-refractivity contribution < 1.29 is 0 Å². The standard InChI is InChI=1S/C13H12N4S/c1-9-5-4-6-10(12(9)14)18-13-16-15-11-7-2-3-8-17(11)13/h2-8H,14H2,1H3. The van der Waals surface area contributed by atoms with Crippen LogP contribution in [0.1, 0.15) is 5.56 Å². The second-order valence-electron chi connectivity index (χ2n) is 4.00. The zero-order valence-corrected chi connectivity index (χ0v) is 10.7. The zero-order valence-electron chi connectivity index (χ0n) is 9.87. The Balaban J connectivity index is 2.04. The predicted molar refractivity (Wildman–Crippen MR) is 72.7 cm³/mol. The van der Waals surface area contributed by atoms with Crippen LogP contribution in [0.3, 0.4) is 0 Å². The highest BCUT2D eigenvalue weighted by molar-refractivity contribution is 7.99. The molecule has 0 bridgehead atoms. The molecule has 3 rings (SSSR count). The average molecular weight is 256 g/mol. The van der Waals surface area contributed by atoms with Crippen LogP contribution in [0.15, 0.2) is 52.6 Å². The minimum absolute atomic E-state index is 0.801. The fourth-order valence-electron chi connectivity index (χ4n) is 1.73. The van der Waals surface area contributed by atoms with Crippen LogP contribution < -0.4 is 5.73 Å². The lowest BCUT2D eigenvalue weighted by atomic mass is 10.2. The Morgan fingerprint density at radius 3 is 2.89 bits per heavy atom. The van der Waals surface area contributed by atoms with Crippen molar-refractivity contribution in [2.75, 3.05) is 5.73 Å². The summed E-state index contributed by atoms with van der Waals surface area (Å²) in [5, 5.41) is 9.12. The lowest BCUT2D eigenvalue weighted by Gasteiger charge is -2.06. The Hall–Kier alpha value is -2.01. The number of hydrogen-bond acceptors (Lipinski definition) is 4. The molecule has 1 aromatic carbocycles. The number of nitrogen functional groups attached to an aromatic ring is 1. The molecule has 5 heteroatoms. The van der Waals surface area contributed by atoms with Crippen molar-refractivity contribution in [3.05, 3.63) is 48.2 Å². The quantitative estimate of drug-likeness (QED) is 0.716. The first-order valence-electron chi connectivity index (χ1n) is 5.58. The summed E-state index contributed by atoms with van der Waals surface area (Å²) in [6.07, 6.45) is 1.95. The molecule has 0 unspecified atom stereocenters. The van der Waals surface area contributed by atoms with Gasteiger partial charge in [0.05, 0.1) is 0 Å². The maximum absolute atomic E-state index is 6.06. The van der Waals surface area contributed by atoms with Gasteiger partial charge in [-0.25, -0.2) is 0 Å². The van der Waals surface area contributed by atoms with Gasteiger partial charge in [-0.2, -0.15) is 0 Å². The summed E-state index contributed by atoms with van der Waals surface area (Å²) in [4.78, 5) is 1.01. The second-order valence-corrected chi connectivity index (χ2v) is 5.01. The average Bonchev–Trinajstić information content (AvgIpc) is 2.79. The number of nitrogens with two attached hydrogens (primary N) is 1. The second kappa shape index (κ2) is 4.34. The molecule has 0 saturated carbocycles. The number of para-hydroxylation sites is 1.